The van der Waals surface area contributed by atoms with Gasteiger partial charge in [0.15, 0.2) is 11.5 Å². The van der Waals surface area contributed by atoms with E-state index in [9.17, 15) is 4.79 Å². The van der Waals surface area contributed by atoms with Gasteiger partial charge in [-0.1, -0.05) is 35.0 Å². The first-order chi connectivity index (χ1) is 12.2. The molecule has 0 fully saturated rings. The van der Waals surface area contributed by atoms with Gasteiger partial charge in [-0.3, -0.25) is 4.79 Å². The minimum absolute atomic E-state index is 0.268. The number of benzene rings is 1. The van der Waals surface area contributed by atoms with E-state index >= 15 is 0 Å². The van der Waals surface area contributed by atoms with Crippen molar-refractivity contribution >= 4 is 5.91 Å². The Bertz CT molecular complexity index is 822. The van der Waals surface area contributed by atoms with E-state index in [0.717, 1.165) is 5.56 Å². The average Bonchev–Trinajstić information content (AvgIpc) is 3.26. The highest BCUT2D eigenvalue weighted by Crippen LogP contribution is 2.15. The lowest BCUT2D eigenvalue weighted by atomic mass is 10.1. The fourth-order valence-electron chi connectivity index (χ4n) is 2.51. The molecule has 0 saturated heterocycles. The Balaban J connectivity index is 1.90. The maximum atomic E-state index is 12.5. The topological polar surface area (TPSA) is 74.0 Å². The number of carbonyl (C=O) groups excluding carboxylic acids is 1. The van der Waals surface area contributed by atoms with Gasteiger partial charge in [-0.15, -0.1) is 5.10 Å². The van der Waals surface area contributed by atoms with Crippen molar-refractivity contribution in [3.63, 3.8) is 0 Å². The van der Waals surface area contributed by atoms with Gasteiger partial charge in [-0.2, -0.15) is 0 Å². The molecular weight excluding hydrogens is 318 g/mol. The smallest absolute Gasteiger partial charge is 0.275 e. The summed E-state index contributed by atoms with van der Waals surface area (Å²) in [5.41, 5.74) is 2.58. The molecule has 0 unspecified atom stereocenters. The molecule has 7 heteroatoms. The molecule has 2 heterocycles. The Hall–Kier alpha value is -2.93. The summed E-state index contributed by atoms with van der Waals surface area (Å²) in [5, 5.41) is 11.1. The van der Waals surface area contributed by atoms with Crippen molar-refractivity contribution in [2.45, 2.75) is 13.5 Å². The van der Waals surface area contributed by atoms with Gasteiger partial charge in [0, 0.05) is 26.0 Å². The van der Waals surface area contributed by atoms with Crippen molar-refractivity contribution in [1.29, 1.82) is 0 Å². The van der Waals surface area contributed by atoms with E-state index in [1.165, 1.54) is 5.56 Å². The first-order valence-corrected chi connectivity index (χ1v) is 8.08. The zero-order valence-electron chi connectivity index (χ0n) is 14.3. The molecule has 7 nitrogen and oxygen atoms in total. The van der Waals surface area contributed by atoms with Crippen LogP contribution in [0.2, 0.25) is 0 Å². The molecular formula is C18H21N5O2. The Morgan fingerprint density at radius 1 is 1.20 bits per heavy atom. The number of hydrogen-bond donors (Lipinski definition) is 1. The summed E-state index contributed by atoms with van der Waals surface area (Å²) in [6.07, 6.45) is 3.74. The summed E-state index contributed by atoms with van der Waals surface area (Å²) in [6.45, 7) is 3.45. The summed E-state index contributed by atoms with van der Waals surface area (Å²) in [5.74, 6) is 0.372. The third-order valence-corrected chi connectivity index (χ3v) is 3.82. The molecule has 1 N–H and O–H groups in total. The van der Waals surface area contributed by atoms with E-state index in [-0.39, 0.29) is 5.91 Å². The largest absolute Gasteiger partial charge is 0.383 e. The van der Waals surface area contributed by atoms with Crippen LogP contribution in [0.4, 0.5) is 0 Å². The fraction of sp³-hybridized carbons (Fsp3) is 0.278. The number of nitrogens with one attached hydrogen (secondary N) is 1. The number of methoxy groups -OCH3 is 1. The van der Waals surface area contributed by atoms with Gasteiger partial charge in [-0.05, 0) is 24.6 Å². The third-order valence-electron chi connectivity index (χ3n) is 3.82. The van der Waals surface area contributed by atoms with E-state index < -0.39 is 0 Å². The molecule has 2 aromatic heterocycles. The normalized spacial score (nSPS) is 10.8. The van der Waals surface area contributed by atoms with Gasteiger partial charge in [0.05, 0.1) is 13.2 Å². The number of carbonyl (C=O) groups is 1. The Labute approximate surface area is 146 Å². The Morgan fingerprint density at radius 2 is 1.92 bits per heavy atom. The molecule has 1 aromatic carbocycles. The molecule has 0 saturated carbocycles. The summed E-state index contributed by atoms with van der Waals surface area (Å²) >= 11 is 0. The minimum Gasteiger partial charge on any atom is -0.383 e. The molecule has 25 heavy (non-hydrogen) atoms. The van der Waals surface area contributed by atoms with Crippen LogP contribution in [-0.2, 0) is 11.3 Å². The van der Waals surface area contributed by atoms with Crippen LogP contribution < -0.4 is 5.32 Å². The number of aromatic nitrogens is 4. The number of amides is 1. The lowest BCUT2D eigenvalue weighted by Gasteiger charge is -2.10. The summed E-state index contributed by atoms with van der Waals surface area (Å²) in [6, 6.07) is 12.0. The minimum atomic E-state index is -0.268. The maximum absolute atomic E-state index is 12.5. The van der Waals surface area contributed by atoms with Gasteiger partial charge in [-0.25, -0.2) is 4.68 Å². The van der Waals surface area contributed by atoms with Crippen LogP contribution in [0.1, 0.15) is 21.6 Å². The van der Waals surface area contributed by atoms with Crippen LogP contribution in [0.15, 0.2) is 48.8 Å². The molecule has 3 rings (SSSR count). The van der Waals surface area contributed by atoms with Crippen LogP contribution in [0.25, 0.3) is 5.82 Å². The van der Waals surface area contributed by atoms with E-state index in [2.05, 4.69) is 39.9 Å². The molecule has 0 spiro atoms. The predicted octanol–water partition coefficient (Wildman–Crippen LogP) is 1.80. The molecule has 3 aromatic rings. The first-order valence-electron chi connectivity index (χ1n) is 8.08. The monoisotopic (exact) mass is 339 g/mol. The number of nitrogens with zero attached hydrogens (tertiary/aromatic N) is 4. The van der Waals surface area contributed by atoms with Gasteiger partial charge in [0.25, 0.3) is 5.91 Å². The molecule has 0 aliphatic rings. The molecule has 1 amide bonds. The van der Waals surface area contributed by atoms with Crippen molar-refractivity contribution in [2.75, 3.05) is 20.3 Å². The van der Waals surface area contributed by atoms with Crippen molar-refractivity contribution in [3.8, 4) is 5.82 Å². The second-order valence-electron chi connectivity index (χ2n) is 5.74. The van der Waals surface area contributed by atoms with Crippen LogP contribution in [0.3, 0.4) is 0 Å². The van der Waals surface area contributed by atoms with E-state index in [4.69, 9.17) is 4.74 Å². The highest BCUT2D eigenvalue weighted by atomic mass is 16.5. The second-order valence-corrected chi connectivity index (χ2v) is 5.74. The van der Waals surface area contributed by atoms with E-state index in [0.29, 0.717) is 31.2 Å². The quantitative estimate of drug-likeness (QED) is 0.666. The SMILES string of the molecule is COCCNC(=O)c1nnn(Cc2ccc(C)cc2)c1-n1cccc1. The molecule has 0 bridgehead atoms. The number of hydrogen-bond acceptors (Lipinski definition) is 4. The lowest BCUT2D eigenvalue weighted by Crippen LogP contribution is -2.28. The molecule has 0 atom stereocenters. The van der Waals surface area contributed by atoms with Crippen LogP contribution >= 0.6 is 0 Å². The van der Waals surface area contributed by atoms with E-state index in [1.54, 1.807) is 11.8 Å². The van der Waals surface area contributed by atoms with Crippen molar-refractivity contribution in [3.05, 3.63) is 65.6 Å². The Kier molecular flexibility index (Phi) is 5.25. The number of aryl methyl sites for hydroxylation is 1. The van der Waals surface area contributed by atoms with Crippen LogP contribution in [0, 0.1) is 6.92 Å². The summed E-state index contributed by atoms with van der Waals surface area (Å²) < 4.78 is 8.54. The van der Waals surface area contributed by atoms with Crippen molar-refractivity contribution in [1.82, 2.24) is 24.9 Å². The number of rotatable bonds is 7. The maximum Gasteiger partial charge on any atom is 0.275 e. The van der Waals surface area contributed by atoms with E-state index in [1.807, 2.05) is 36.0 Å². The lowest BCUT2D eigenvalue weighted by molar-refractivity contribution is 0.0932. The standard InChI is InChI=1S/C18H21N5O2/c1-14-5-7-15(8-6-14)13-23-18(22-10-3-4-11-22)16(20-21-23)17(24)19-9-12-25-2/h3-8,10-11H,9,12-13H2,1-2H3,(H,19,24). The van der Waals surface area contributed by atoms with Gasteiger partial charge in [0.1, 0.15) is 0 Å². The van der Waals surface area contributed by atoms with Crippen molar-refractivity contribution < 1.29 is 9.53 Å². The molecule has 0 aliphatic heterocycles. The van der Waals surface area contributed by atoms with Gasteiger partial charge >= 0.3 is 0 Å². The average molecular weight is 339 g/mol. The fourth-order valence-corrected chi connectivity index (χ4v) is 2.51. The van der Waals surface area contributed by atoms with Crippen LogP contribution in [0.5, 0.6) is 0 Å². The molecule has 0 aliphatic carbocycles. The first kappa shape index (κ1) is 16.9. The summed E-state index contributed by atoms with van der Waals surface area (Å²) in [4.78, 5) is 12.5. The van der Waals surface area contributed by atoms with Gasteiger partial charge in [0.2, 0.25) is 0 Å². The molecule has 0 radical (unpaired) electrons. The number of ether oxygens (including phenoxy) is 1. The van der Waals surface area contributed by atoms with Crippen molar-refractivity contribution in [2.24, 2.45) is 0 Å². The van der Waals surface area contributed by atoms with Gasteiger partial charge < -0.3 is 14.6 Å². The third kappa shape index (κ3) is 3.95. The highest BCUT2D eigenvalue weighted by molar-refractivity contribution is 5.95. The van der Waals surface area contributed by atoms with Crippen LogP contribution in [-0.4, -0.2) is 45.7 Å². The Morgan fingerprint density at radius 3 is 2.60 bits per heavy atom. The predicted molar refractivity (Wildman–Crippen MR) is 93.8 cm³/mol. The highest BCUT2D eigenvalue weighted by Gasteiger charge is 2.20. The second kappa shape index (κ2) is 7.76. The summed E-state index contributed by atoms with van der Waals surface area (Å²) in [7, 11) is 1.59. The zero-order valence-corrected chi connectivity index (χ0v) is 14.3. The molecule has 130 valence electrons. The zero-order chi connectivity index (χ0) is 17.6.